The second kappa shape index (κ2) is 5.92. The molecule has 1 fully saturated rings. The molecule has 5 nitrogen and oxygen atoms in total. The Morgan fingerprint density at radius 3 is 2.67 bits per heavy atom. The van der Waals surface area contributed by atoms with Gasteiger partial charge in [0, 0.05) is 18.6 Å². The highest BCUT2D eigenvalue weighted by Gasteiger charge is 2.22. The van der Waals surface area contributed by atoms with Gasteiger partial charge in [0.05, 0.1) is 12.6 Å². The lowest BCUT2D eigenvalue weighted by Crippen LogP contribution is -2.45. The van der Waals surface area contributed by atoms with Crippen LogP contribution in [0.25, 0.3) is 0 Å². The molecule has 0 spiro atoms. The highest BCUT2D eigenvalue weighted by atomic mass is 16.5. The van der Waals surface area contributed by atoms with E-state index in [-0.39, 0.29) is 6.04 Å². The molecule has 0 bridgehead atoms. The third kappa shape index (κ3) is 4.05. The van der Waals surface area contributed by atoms with Gasteiger partial charge >= 0.3 is 0 Å². The number of hydrogen-bond donors (Lipinski definition) is 3. The lowest BCUT2D eigenvalue weighted by atomic mass is 10.0. The van der Waals surface area contributed by atoms with E-state index < -0.39 is 0 Å². The minimum atomic E-state index is 0.241. The van der Waals surface area contributed by atoms with Crippen molar-refractivity contribution < 1.29 is 4.74 Å². The fourth-order valence-corrected chi connectivity index (χ4v) is 1.63. The highest BCUT2D eigenvalue weighted by Crippen LogP contribution is 2.18. The van der Waals surface area contributed by atoms with Crippen LogP contribution in [0.15, 0.2) is 4.99 Å². The van der Waals surface area contributed by atoms with Crippen molar-refractivity contribution >= 4 is 5.96 Å². The Labute approximate surface area is 91.4 Å². The average molecular weight is 214 g/mol. The van der Waals surface area contributed by atoms with Crippen LogP contribution in [-0.2, 0) is 4.74 Å². The van der Waals surface area contributed by atoms with Gasteiger partial charge < -0.3 is 10.1 Å². The number of nitrogens with two attached hydrogens (primary N) is 1. The smallest absolute Gasteiger partial charge is 0.206 e. The molecule has 88 valence electrons. The Morgan fingerprint density at radius 1 is 1.47 bits per heavy atom. The first-order chi connectivity index (χ1) is 7.13. The van der Waals surface area contributed by atoms with E-state index in [0.29, 0.717) is 17.9 Å². The summed E-state index contributed by atoms with van der Waals surface area (Å²) in [6.07, 6.45) is 1.09. The van der Waals surface area contributed by atoms with E-state index in [0.717, 1.165) is 19.6 Å². The SMILES string of the molecule is CC(C)NC(=NC(C)C1CCOC1)NN. The molecule has 1 aliphatic heterocycles. The van der Waals surface area contributed by atoms with Crippen molar-refractivity contribution in [3.8, 4) is 0 Å². The van der Waals surface area contributed by atoms with Crippen LogP contribution in [-0.4, -0.2) is 31.3 Å². The van der Waals surface area contributed by atoms with E-state index in [1.54, 1.807) is 0 Å². The van der Waals surface area contributed by atoms with Crippen molar-refractivity contribution in [1.29, 1.82) is 0 Å². The molecule has 1 rings (SSSR count). The van der Waals surface area contributed by atoms with Crippen LogP contribution in [0.4, 0.5) is 0 Å². The lowest BCUT2D eigenvalue weighted by Gasteiger charge is -2.17. The predicted octanol–water partition coefficient (Wildman–Crippen LogP) is 0.229. The standard InChI is InChI=1S/C10H22N4O/c1-7(2)12-10(14-11)13-8(3)9-4-5-15-6-9/h7-9H,4-6,11H2,1-3H3,(H2,12,13,14). The van der Waals surface area contributed by atoms with Gasteiger partial charge in [-0.05, 0) is 27.2 Å². The molecule has 0 aromatic rings. The first kappa shape index (κ1) is 12.3. The van der Waals surface area contributed by atoms with Crippen LogP contribution in [0, 0.1) is 5.92 Å². The topological polar surface area (TPSA) is 71.7 Å². The minimum Gasteiger partial charge on any atom is -0.381 e. The minimum absolute atomic E-state index is 0.241. The molecule has 0 aromatic carbocycles. The molecular weight excluding hydrogens is 192 g/mol. The molecule has 1 saturated heterocycles. The van der Waals surface area contributed by atoms with E-state index in [1.807, 2.05) is 0 Å². The molecule has 4 N–H and O–H groups in total. The van der Waals surface area contributed by atoms with Crippen molar-refractivity contribution in [3.63, 3.8) is 0 Å². The van der Waals surface area contributed by atoms with Crippen molar-refractivity contribution in [2.24, 2.45) is 16.8 Å². The molecule has 2 unspecified atom stereocenters. The molecular formula is C10H22N4O. The summed E-state index contributed by atoms with van der Waals surface area (Å²) in [6.45, 7) is 7.86. The number of rotatable bonds is 3. The van der Waals surface area contributed by atoms with Gasteiger partial charge in [0.1, 0.15) is 0 Å². The molecule has 0 aliphatic carbocycles. The monoisotopic (exact) mass is 214 g/mol. The maximum atomic E-state index is 5.39. The van der Waals surface area contributed by atoms with E-state index >= 15 is 0 Å². The summed E-state index contributed by atoms with van der Waals surface area (Å²) in [7, 11) is 0. The maximum Gasteiger partial charge on any atom is 0.206 e. The van der Waals surface area contributed by atoms with Crippen molar-refractivity contribution in [2.45, 2.75) is 39.3 Å². The number of guanidine groups is 1. The van der Waals surface area contributed by atoms with Crippen LogP contribution < -0.4 is 16.6 Å². The Bertz CT molecular complexity index is 211. The molecule has 5 heteroatoms. The molecule has 15 heavy (non-hydrogen) atoms. The molecule has 0 amide bonds. The van der Waals surface area contributed by atoms with Gasteiger partial charge in [-0.3, -0.25) is 5.43 Å². The van der Waals surface area contributed by atoms with Crippen LogP contribution in [0.2, 0.25) is 0 Å². The first-order valence-corrected chi connectivity index (χ1v) is 5.52. The molecule has 0 radical (unpaired) electrons. The van der Waals surface area contributed by atoms with Crippen molar-refractivity contribution in [1.82, 2.24) is 10.7 Å². The maximum absolute atomic E-state index is 5.39. The number of hydrazine groups is 1. The molecule has 0 aromatic heterocycles. The van der Waals surface area contributed by atoms with Gasteiger partial charge in [-0.2, -0.15) is 0 Å². The third-order valence-corrected chi connectivity index (χ3v) is 2.54. The van der Waals surface area contributed by atoms with E-state index in [4.69, 9.17) is 10.6 Å². The summed E-state index contributed by atoms with van der Waals surface area (Å²) in [5, 5.41) is 3.16. The van der Waals surface area contributed by atoms with Gasteiger partial charge in [-0.25, -0.2) is 10.8 Å². The van der Waals surface area contributed by atoms with E-state index in [9.17, 15) is 0 Å². The van der Waals surface area contributed by atoms with Crippen LogP contribution >= 0.6 is 0 Å². The number of aliphatic imine (C=N–C) groups is 1. The Kier molecular flexibility index (Phi) is 4.84. The Balaban J connectivity index is 2.49. The summed E-state index contributed by atoms with van der Waals surface area (Å²) in [4.78, 5) is 4.51. The van der Waals surface area contributed by atoms with E-state index in [1.165, 1.54) is 0 Å². The number of nitrogens with one attached hydrogen (secondary N) is 2. The average Bonchev–Trinajstić information content (AvgIpc) is 2.68. The number of nitrogens with zero attached hydrogens (tertiary/aromatic N) is 1. The quantitative estimate of drug-likeness (QED) is 0.272. The van der Waals surface area contributed by atoms with Crippen LogP contribution in [0.1, 0.15) is 27.2 Å². The van der Waals surface area contributed by atoms with E-state index in [2.05, 4.69) is 36.5 Å². The summed E-state index contributed by atoms with van der Waals surface area (Å²) in [5.41, 5.74) is 2.59. The fraction of sp³-hybridized carbons (Fsp3) is 0.900. The Morgan fingerprint density at radius 2 is 2.20 bits per heavy atom. The zero-order valence-corrected chi connectivity index (χ0v) is 9.79. The summed E-state index contributed by atoms with van der Waals surface area (Å²) in [5.74, 6) is 6.57. The highest BCUT2D eigenvalue weighted by molar-refractivity contribution is 5.79. The zero-order chi connectivity index (χ0) is 11.3. The molecule has 1 aliphatic rings. The Hall–Kier alpha value is -0.810. The van der Waals surface area contributed by atoms with Crippen LogP contribution in [0.3, 0.4) is 0 Å². The first-order valence-electron chi connectivity index (χ1n) is 5.52. The summed E-state index contributed by atoms with van der Waals surface area (Å²) >= 11 is 0. The molecule has 1 heterocycles. The van der Waals surface area contributed by atoms with Crippen molar-refractivity contribution in [3.05, 3.63) is 0 Å². The summed E-state index contributed by atoms with van der Waals surface area (Å²) < 4.78 is 5.33. The van der Waals surface area contributed by atoms with Gasteiger partial charge in [-0.15, -0.1) is 0 Å². The second-order valence-electron chi connectivity index (χ2n) is 4.29. The fourth-order valence-electron chi connectivity index (χ4n) is 1.63. The predicted molar refractivity (Wildman–Crippen MR) is 61.4 cm³/mol. The van der Waals surface area contributed by atoms with Crippen LogP contribution in [0.5, 0.6) is 0 Å². The molecule has 0 saturated carbocycles. The third-order valence-electron chi connectivity index (χ3n) is 2.54. The van der Waals surface area contributed by atoms with Gasteiger partial charge in [0.2, 0.25) is 5.96 Å². The van der Waals surface area contributed by atoms with Gasteiger partial charge in [0.25, 0.3) is 0 Å². The number of hydrogen-bond acceptors (Lipinski definition) is 3. The second-order valence-corrected chi connectivity index (χ2v) is 4.29. The van der Waals surface area contributed by atoms with Gasteiger partial charge in [0.15, 0.2) is 0 Å². The normalized spacial score (nSPS) is 24.3. The van der Waals surface area contributed by atoms with Gasteiger partial charge in [-0.1, -0.05) is 0 Å². The zero-order valence-electron chi connectivity index (χ0n) is 9.79. The van der Waals surface area contributed by atoms with Crippen molar-refractivity contribution in [2.75, 3.05) is 13.2 Å². The molecule has 2 atom stereocenters. The largest absolute Gasteiger partial charge is 0.381 e. The lowest BCUT2D eigenvalue weighted by molar-refractivity contribution is 0.182. The summed E-state index contributed by atoms with van der Waals surface area (Å²) in [6, 6.07) is 0.566. The number of ether oxygens (including phenoxy) is 1.